The van der Waals surface area contributed by atoms with Crippen LogP contribution in [0.5, 0.6) is 0 Å². The second-order valence-corrected chi connectivity index (χ2v) is 0.289. The molecule has 0 fully saturated rings. The van der Waals surface area contributed by atoms with E-state index in [-0.39, 0.29) is 45.5 Å². The fourth-order valence-electron chi connectivity index (χ4n) is 0. The molecule has 2 radical (unpaired) electrons. The monoisotopic (exact) mass is 278 g/mol. The van der Waals surface area contributed by atoms with Crippen LogP contribution in [0.4, 0.5) is 0 Å². The van der Waals surface area contributed by atoms with Crippen LogP contribution in [0.3, 0.4) is 0 Å². The van der Waals surface area contributed by atoms with Gasteiger partial charge in [-0.1, -0.05) is 0 Å². The second kappa shape index (κ2) is 9.68. The molecule has 0 spiro atoms. The molecule has 0 unspecified atom stereocenters. The second-order valence-electron chi connectivity index (χ2n) is 0.289. The number of rotatable bonds is 0. The Hall–Kier alpha value is 1.45. The molecule has 0 aliphatic carbocycles. The quantitative estimate of drug-likeness (QED) is 0.420. The molecule has 0 aromatic rings. The maximum Gasteiger partial charge on any atom is 4.00 e. The van der Waals surface area contributed by atoms with Gasteiger partial charge < -0.3 is 15.1 Å². The molecule has 0 aromatic heterocycles. The van der Waals surface area contributed by atoms with Crippen molar-refractivity contribution in [1.29, 1.82) is 0 Å². The van der Waals surface area contributed by atoms with Gasteiger partial charge in [0.1, 0.15) is 0 Å². The zero-order chi connectivity index (χ0) is 3.58. The van der Waals surface area contributed by atoms with Crippen LogP contribution in [0.25, 0.3) is 0 Å². The van der Waals surface area contributed by atoms with Crippen molar-refractivity contribution in [3.63, 3.8) is 0 Å². The summed E-state index contributed by atoms with van der Waals surface area (Å²) in [5.74, 6) is 0. The van der Waals surface area contributed by atoms with Crippen LogP contribution in [0.15, 0.2) is 0 Å². The topological polar surface area (TPSA) is 69.2 Å². The first kappa shape index (κ1) is 15.7. The zero-order valence-electron chi connectivity index (χ0n) is 2.66. The molecule has 0 atom stereocenters. The summed E-state index contributed by atoms with van der Waals surface area (Å²) in [6.07, 6.45) is 0. The maximum atomic E-state index is 8.42. The molecule has 0 rings (SSSR count). The van der Waals surface area contributed by atoms with Crippen LogP contribution in [-0.4, -0.2) is 31.7 Å². The van der Waals surface area contributed by atoms with Gasteiger partial charge in [-0.25, -0.2) is 0 Å². The van der Waals surface area contributed by atoms with Crippen molar-refractivity contribution in [2.45, 2.75) is 0 Å². The summed E-state index contributed by atoms with van der Waals surface area (Å²) in [5, 5.41) is 25.2. The van der Waals surface area contributed by atoms with Crippen molar-refractivity contribution >= 4 is 31.7 Å². The summed E-state index contributed by atoms with van der Waals surface area (Å²) in [5.41, 5.74) is 0. The minimum absolute atomic E-state index is 0. The van der Waals surface area contributed by atoms with Crippen LogP contribution < -0.4 is 15.1 Å². The Morgan fingerprint density at radius 1 is 1.00 bits per heavy atom. The molecule has 0 aromatic carbocycles. The van der Waals surface area contributed by atoms with Crippen LogP contribution in [-0.2, 0) is 21.1 Å². The molecular formula is BMoO3Sb+4. The van der Waals surface area contributed by atoms with Crippen molar-refractivity contribution in [2.24, 2.45) is 0 Å². The Bertz CT molecular complexity index is 15.5. The van der Waals surface area contributed by atoms with Crippen molar-refractivity contribution in [2.75, 3.05) is 0 Å². The first-order valence-corrected chi connectivity index (χ1v) is 0.707. The molecule has 0 saturated carbocycles. The normalized spacial score (nSPS) is 4.50. The molecule has 6 heteroatoms. The van der Waals surface area contributed by atoms with E-state index in [9.17, 15) is 0 Å². The van der Waals surface area contributed by atoms with Gasteiger partial charge in [-0.3, -0.25) is 7.32 Å². The van der Waals surface area contributed by atoms with Gasteiger partial charge >= 0.3 is 45.5 Å². The summed E-state index contributed by atoms with van der Waals surface area (Å²) in [7, 11) is -2.92. The number of hydrogen-bond acceptors (Lipinski definition) is 3. The van der Waals surface area contributed by atoms with Crippen molar-refractivity contribution in [3.8, 4) is 0 Å². The molecule has 0 N–H and O–H groups in total. The molecule has 0 aliphatic heterocycles. The first-order valence-electron chi connectivity index (χ1n) is 0.707. The SMILES string of the molecule is [Mo+4].[O-]B([O-])[O-].[Sb+3]. The fraction of sp³-hybridized carbons (Fsp3) is 0. The van der Waals surface area contributed by atoms with E-state index in [2.05, 4.69) is 0 Å². The van der Waals surface area contributed by atoms with E-state index in [0.29, 0.717) is 0 Å². The Kier molecular flexibility index (Phi) is 25.2. The Morgan fingerprint density at radius 3 is 1.00 bits per heavy atom. The van der Waals surface area contributed by atoms with E-state index in [1.165, 1.54) is 0 Å². The Balaban J connectivity index is -0.0000000450. The van der Waals surface area contributed by atoms with E-state index in [1.54, 1.807) is 0 Å². The fourth-order valence-corrected chi connectivity index (χ4v) is 0. The third-order valence-electron chi connectivity index (χ3n) is 0. The smallest absolute Gasteiger partial charge is 0.907 e. The molecule has 0 aliphatic rings. The average molecular weight is 277 g/mol. The van der Waals surface area contributed by atoms with Crippen LogP contribution in [0, 0.1) is 0 Å². The summed E-state index contributed by atoms with van der Waals surface area (Å²) in [4.78, 5) is 0. The molecule has 0 heterocycles. The molecule has 6 heavy (non-hydrogen) atoms. The Morgan fingerprint density at radius 2 is 1.00 bits per heavy atom. The van der Waals surface area contributed by atoms with Gasteiger partial charge in [0.2, 0.25) is 0 Å². The predicted octanol–water partition coefficient (Wildman–Crippen LogP) is -4.33. The minimum Gasteiger partial charge on any atom is -0.907 e. The van der Waals surface area contributed by atoms with Gasteiger partial charge in [0.15, 0.2) is 0 Å². The van der Waals surface area contributed by atoms with Gasteiger partial charge in [0.25, 0.3) is 0 Å². The van der Waals surface area contributed by atoms with Crippen LogP contribution in [0.2, 0.25) is 0 Å². The third-order valence-corrected chi connectivity index (χ3v) is 0. The van der Waals surface area contributed by atoms with Crippen molar-refractivity contribution < 1.29 is 36.1 Å². The zero-order valence-corrected chi connectivity index (χ0v) is 7.22. The summed E-state index contributed by atoms with van der Waals surface area (Å²) < 4.78 is 0. The van der Waals surface area contributed by atoms with E-state index in [4.69, 9.17) is 15.1 Å². The molecule has 0 saturated heterocycles. The van der Waals surface area contributed by atoms with Gasteiger partial charge in [0.05, 0.1) is 0 Å². The first-order chi connectivity index (χ1) is 1.73. The minimum atomic E-state index is -2.92. The Labute approximate surface area is 67.6 Å². The molecule has 3 nitrogen and oxygen atoms in total. The largest absolute Gasteiger partial charge is 4.00 e. The van der Waals surface area contributed by atoms with Crippen LogP contribution >= 0.6 is 0 Å². The van der Waals surface area contributed by atoms with E-state index >= 15 is 0 Å². The maximum absolute atomic E-state index is 8.42. The van der Waals surface area contributed by atoms with E-state index in [0.717, 1.165) is 0 Å². The molecular weight excluding hydrogens is 277 g/mol. The van der Waals surface area contributed by atoms with Gasteiger partial charge in [0, 0.05) is 0 Å². The summed E-state index contributed by atoms with van der Waals surface area (Å²) in [6, 6.07) is 0. The predicted molar refractivity (Wildman–Crippen MR) is 11.5 cm³/mol. The molecule has 0 bridgehead atoms. The summed E-state index contributed by atoms with van der Waals surface area (Å²) in [6.45, 7) is 0. The van der Waals surface area contributed by atoms with Gasteiger partial charge in [-0.05, 0) is 0 Å². The third kappa shape index (κ3) is 51.3. The molecule has 0 amide bonds. The van der Waals surface area contributed by atoms with E-state index < -0.39 is 7.32 Å². The van der Waals surface area contributed by atoms with Crippen molar-refractivity contribution in [1.82, 2.24) is 0 Å². The van der Waals surface area contributed by atoms with Gasteiger partial charge in [-0.15, -0.1) is 0 Å². The van der Waals surface area contributed by atoms with E-state index in [1.807, 2.05) is 0 Å². The van der Waals surface area contributed by atoms with Crippen LogP contribution in [0.1, 0.15) is 0 Å². The standard InChI is InChI=1S/BO3.Mo.Sb/c2-1(3)4;;/q-3;+4;+3. The number of hydrogen-bond donors (Lipinski definition) is 0. The van der Waals surface area contributed by atoms with Gasteiger partial charge in [-0.2, -0.15) is 0 Å². The average Bonchev–Trinajstić information content (AvgIpc) is 0.811. The summed E-state index contributed by atoms with van der Waals surface area (Å²) >= 11 is 0. The molecule has 28 valence electrons. The van der Waals surface area contributed by atoms with Crippen molar-refractivity contribution in [3.05, 3.63) is 0 Å².